The van der Waals surface area contributed by atoms with E-state index in [0.717, 1.165) is 5.90 Å². The molecule has 0 spiro atoms. The molecule has 1 aliphatic heterocycles. The lowest BCUT2D eigenvalue weighted by molar-refractivity contribution is 0.239. The monoisotopic (exact) mass is 149 g/mol. The molecule has 0 amide bonds. The first kappa shape index (κ1) is 6.65. The Morgan fingerprint density at radius 2 is 2.27 bits per heavy atom. The molecule has 58 valence electrons. The Morgan fingerprint density at radius 3 is 3.00 bits per heavy atom. The smallest absolute Gasteiger partial charge is 0.181 e. The quantitative estimate of drug-likeness (QED) is 0.513. The molecule has 2 heteroatoms. The zero-order valence-corrected chi connectivity index (χ0v) is 6.74. The fourth-order valence-corrected chi connectivity index (χ4v) is 1.48. The van der Waals surface area contributed by atoms with Crippen LogP contribution in [0.25, 0.3) is 0 Å². The number of nitrogens with zero attached hydrogens (tertiary/aromatic N) is 1. The van der Waals surface area contributed by atoms with Gasteiger partial charge >= 0.3 is 0 Å². The molecule has 11 heavy (non-hydrogen) atoms. The summed E-state index contributed by atoms with van der Waals surface area (Å²) in [6, 6.07) is 0.236. The number of rotatable bonds is 0. The Labute approximate surface area is 66.3 Å². The summed E-state index contributed by atoms with van der Waals surface area (Å²) in [6.07, 6.45) is 6.38. The molecule has 2 atom stereocenters. The Balaban J connectivity index is 2.28. The van der Waals surface area contributed by atoms with Crippen LogP contribution >= 0.6 is 0 Å². The van der Waals surface area contributed by atoms with Crippen molar-refractivity contribution in [3.05, 3.63) is 23.8 Å². The van der Waals surface area contributed by atoms with Crippen LogP contribution < -0.4 is 0 Å². The van der Waals surface area contributed by atoms with E-state index in [0.29, 0.717) is 0 Å². The maximum atomic E-state index is 5.51. The van der Waals surface area contributed by atoms with Crippen LogP contribution in [0.15, 0.2) is 28.8 Å². The standard InChI is InChI=1S/C9H11NO/c1-6-4-3-5-8-9(6)11-7(2)10-8/h3-5,8-9H,1-2H3. The van der Waals surface area contributed by atoms with Crippen LogP contribution in [0, 0.1) is 0 Å². The SMILES string of the molecule is CC1=CC=CC2N=C(C)OC12. The maximum absolute atomic E-state index is 5.51. The van der Waals surface area contributed by atoms with E-state index < -0.39 is 0 Å². The van der Waals surface area contributed by atoms with Gasteiger partial charge in [0.05, 0.1) is 0 Å². The van der Waals surface area contributed by atoms with Crippen LogP contribution in [0.5, 0.6) is 0 Å². The van der Waals surface area contributed by atoms with E-state index in [4.69, 9.17) is 4.74 Å². The molecule has 2 aliphatic rings. The van der Waals surface area contributed by atoms with Crippen LogP contribution in [0.2, 0.25) is 0 Å². The third-order valence-corrected chi connectivity index (χ3v) is 2.05. The first-order chi connectivity index (χ1) is 5.27. The highest BCUT2D eigenvalue weighted by atomic mass is 16.5. The van der Waals surface area contributed by atoms with E-state index in [2.05, 4.69) is 24.1 Å². The first-order valence-electron chi connectivity index (χ1n) is 3.83. The highest BCUT2D eigenvalue weighted by Crippen LogP contribution is 2.24. The highest BCUT2D eigenvalue weighted by Gasteiger charge is 2.29. The third kappa shape index (κ3) is 0.985. The molecule has 0 N–H and O–H groups in total. The lowest BCUT2D eigenvalue weighted by Crippen LogP contribution is -2.23. The predicted octanol–water partition coefficient (Wildman–Crippen LogP) is 1.69. The van der Waals surface area contributed by atoms with Gasteiger partial charge in [0.1, 0.15) is 12.1 Å². The molecule has 2 unspecified atom stereocenters. The third-order valence-electron chi connectivity index (χ3n) is 2.05. The van der Waals surface area contributed by atoms with Crippen LogP contribution in [0.3, 0.4) is 0 Å². The summed E-state index contributed by atoms with van der Waals surface area (Å²) in [5, 5.41) is 0. The van der Waals surface area contributed by atoms with E-state index in [1.54, 1.807) is 0 Å². The molecular formula is C9H11NO. The maximum Gasteiger partial charge on any atom is 0.181 e. The van der Waals surface area contributed by atoms with Gasteiger partial charge in [-0.2, -0.15) is 0 Å². The highest BCUT2D eigenvalue weighted by molar-refractivity contribution is 5.76. The molecule has 0 aromatic rings. The first-order valence-corrected chi connectivity index (χ1v) is 3.83. The van der Waals surface area contributed by atoms with Gasteiger partial charge in [0.2, 0.25) is 0 Å². The molecule has 0 fully saturated rings. The molecule has 0 aromatic heterocycles. The molecule has 0 saturated carbocycles. The van der Waals surface area contributed by atoms with Gasteiger partial charge in [-0.3, -0.25) is 0 Å². The van der Waals surface area contributed by atoms with Gasteiger partial charge in [0.25, 0.3) is 0 Å². The second kappa shape index (κ2) is 2.22. The predicted molar refractivity (Wildman–Crippen MR) is 44.7 cm³/mol. The van der Waals surface area contributed by atoms with Crippen LogP contribution in [-0.4, -0.2) is 18.0 Å². The molecule has 0 bridgehead atoms. The van der Waals surface area contributed by atoms with E-state index in [9.17, 15) is 0 Å². The van der Waals surface area contributed by atoms with Gasteiger partial charge < -0.3 is 4.74 Å². The van der Waals surface area contributed by atoms with Gasteiger partial charge in [-0.15, -0.1) is 0 Å². The van der Waals surface area contributed by atoms with Gasteiger partial charge in [-0.05, 0) is 12.5 Å². The molecular weight excluding hydrogens is 138 g/mol. The Morgan fingerprint density at radius 1 is 1.45 bits per heavy atom. The minimum atomic E-state index is 0.181. The normalized spacial score (nSPS) is 34.0. The molecule has 0 radical (unpaired) electrons. The number of hydrogen-bond acceptors (Lipinski definition) is 2. The summed E-state index contributed by atoms with van der Waals surface area (Å²) in [4.78, 5) is 4.33. The Hall–Kier alpha value is -1.05. The van der Waals surface area contributed by atoms with Crippen molar-refractivity contribution in [1.29, 1.82) is 0 Å². The Bertz CT molecular complexity index is 263. The second-order valence-corrected chi connectivity index (χ2v) is 2.97. The van der Waals surface area contributed by atoms with Crippen molar-refractivity contribution in [3.8, 4) is 0 Å². The Kier molecular flexibility index (Phi) is 1.34. The van der Waals surface area contributed by atoms with Crippen molar-refractivity contribution in [2.75, 3.05) is 0 Å². The zero-order valence-electron chi connectivity index (χ0n) is 6.74. The summed E-state index contributed by atoms with van der Waals surface area (Å²) in [5.41, 5.74) is 1.26. The number of allylic oxidation sites excluding steroid dienone is 2. The van der Waals surface area contributed by atoms with Gasteiger partial charge in [0.15, 0.2) is 5.90 Å². The summed E-state index contributed by atoms with van der Waals surface area (Å²) in [5.74, 6) is 0.805. The number of aliphatic imine (C=N–C) groups is 1. The van der Waals surface area contributed by atoms with E-state index in [-0.39, 0.29) is 12.1 Å². The van der Waals surface area contributed by atoms with Crippen molar-refractivity contribution >= 4 is 5.90 Å². The molecule has 2 rings (SSSR count). The average molecular weight is 149 g/mol. The number of fused-ring (bicyclic) bond motifs is 1. The second-order valence-electron chi connectivity index (χ2n) is 2.97. The van der Waals surface area contributed by atoms with Gasteiger partial charge in [-0.25, -0.2) is 4.99 Å². The number of hydrogen-bond donors (Lipinski definition) is 0. The van der Waals surface area contributed by atoms with Crippen molar-refractivity contribution in [3.63, 3.8) is 0 Å². The van der Waals surface area contributed by atoms with Gasteiger partial charge in [0, 0.05) is 6.92 Å². The van der Waals surface area contributed by atoms with Crippen LogP contribution in [0.1, 0.15) is 13.8 Å². The van der Waals surface area contributed by atoms with Crippen molar-refractivity contribution in [1.82, 2.24) is 0 Å². The van der Waals surface area contributed by atoms with Crippen molar-refractivity contribution in [2.24, 2.45) is 4.99 Å². The summed E-state index contributed by atoms with van der Waals surface area (Å²) in [7, 11) is 0. The molecule has 1 aliphatic carbocycles. The molecule has 1 heterocycles. The van der Waals surface area contributed by atoms with Gasteiger partial charge in [-0.1, -0.05) is 18.2 Å². The number of ether oxygens (including phenoxy) is 1. The zero-order chi connectivity index (χ0) is 7.84. The van der Waals surface area contributed by atoms with Crippen molar-refractivity contribution < 1.29 is 4.74 Å². The van der Waals surface area contributed by atoms with E-state index in [1.165, 1.54) is 5.57 Å². The molecule has 0 saturated heterocycles. The lowest BCUT2D eigenvalue weighted by Gasteiger charge is -2.17. The minimum absolute atomic E-state index is 0.181. The topological polar surface area (TPSA) is 21.6 Å². The molecule has 2 nitrogen and oxygen atoms in total. The fraction of sp³-hybridized carbons (Fsp3) is 0.444. The van der Waals surface area contributed by atoms with E-state index >= 15 is 0 Å². The largest absolute Gasteiger partial charge is 0.471 e. The van der Waals surface area contributed by atoms with Crippen molar-refractivity contribution in [2.45, 2.75) is 26.0 Å². The van der Waals surface area contributed by atoms with E-state index in [1.807, 2.05) is 13.0 Å². The minimum Gasteiger partial charge on any atom is -0.471 e. The fourth-order valence-electron chi connectivity index (χ4n) is 1.48. The van der Waals surface area contributed by atoms with Crippen LogP contribution in [-0.2, 0) is 4.74 Å². The molecule has 0 aromatic carbocycles. The lowest BCUT2D eigenvalue weighted by atomic mass is 9.99. The summed E-state index contributed by atoms with van der Waals surface area (Å²) >= 11 is 0. The summed E-state index contributed by atoms with van der Waals surface area (Å²) in [6.45, 7) is 3.98. The summed E-state index contributed by atoms with van der Waals surface area (Å²) < 4.78 is 5.51. The van der Waals surface area contributed by atoms with Crippen LogP contribution in [0.4, 0.5) is 0 Å². The average Bonchev–Trinajstić information content (AvgIpc) is 2.31.